The van der Waals surface area contributed by atoms with Crippen LogP contribution < -0.4 is 14.8 Å². The molecule has 0 bridgehead atoms. The third-order valence-electron chi connectivity index (χ3n) is 5.08. The lowest BCUT2D eigenvalue weighted by Crippen LogP contribution is -2.05. The standard InChI is InChI=1S/C24H17F3N6O2/c1-34-18-9-10-19-20(12-18)28-13-29-22(19)35-17-7-5-14(6-8-17)21-31-23(33-32-21)30-16-4-2-3-15(11-16)24(25,26)27/h2-13H,1H3,(H2,30,31,32,33). The van der Waals surface area contributed by atoms with E-state index in [0.29, 0.717) is 34.3 Å². The fourth-order valence-corrected chi connectivity index (χ4v) is 3.36. The molecule has 3 aromatic carbocycles. The molecule has 176 valence electrons. The summed E-state index contributed by atoms with van der Waals surface area (Å²) < 4.78 is 49.9. The summed E-state index contributed by atoms with van der Waals surface area (Å²) >= 11 is 0. The highest BCUT2D eigenvalue weighted by Gasteiger charge is 2.30. The molecule has 2 N–H and O–H groups in total. The Morgan fingerprint density at radius 3 is 2.49 bits per heavy atom. The van der Waals surface area contributed by atoms with E-state index in [0.717, 1.165) is 17.5 Å². The van der Waals surface area contributed by atoms with E-state index in [1.165, 1.54) is 18.5 Å². The average molecular weight is 478 g/mol. The van der Waals surface area contributed by atoms with Crippen molar-refractivity contribution >= 4 is 22.5 Å². The van der Waals surface area contributed by atoms with Crippen LogP contribution in [0.15, 0.2) is 73.1 Å². The molecule has 2 aromatic heterocycles. The van der Waals surface area contributed by atoms with Gasteiger partial charge in [-0.25, -0.2) is 9.97 Å². The normalized spacial score (nSPS) is 11.4. The molecule has 5 rings (SSSR count). The van der Waals surface area contributed by atoms with E-state index < -0.39 is 11.7 Å². The Balaban J connectivity index is 1.31. The van der Waals surface area contributed by atoms with E-state index in [9.17, 15) is 13.2 Å². The van der Waals surface area contributed by atoms with Crippen molar-refractivity contribution in [3.8, 4) is 28.8 Å². The van der Waals surface area contributed by atoms with Crippen LogP contribution in [0.3, 0.4) is 0 Å². The number of benzene rings is 3. The number of halogens is 3. The zero-order chi connectivity index (χ0) is 24.4. The van der Waals surface area contributed by atoms with E-state index in [1.807, 2.05) is 6.07 Å². The Bertz CT molecular complexity index is 1490. The smallest absolute Gasteiger partial charge is 0.416 e. The molecular formula is C24H17F3N6O2. The second kappa shape index (κ2) is 8.93. The van der Waals surface area contributed by atoms with E-state index in [4.69, 9.17) is 9.47 Å². The van der Waals surface area contributed by atoms with Crippen molar-refractivity contribution in [2.24, 2.45) is 0 Å². The third-order valence-corrected chi connectivity index (χ3v) is 5.08. The molecule has 0 amide bonds. The number of hydrogen-bond acceptors (Lipinski definition) is 7. The Morgan fingerprint density at radius 2 is 1.71 bits per heavy atom. The van der Waals surface area contributed by atoms with Crippen molar-refractivity contribution in [1.82, 2.24) is 25.1 Å². The molecule has 0 aliphatic heterocycles. The van der Waals surface area contributed by atoms with Gasteiger partial charge in [0.2, 0.25) is 11.8 Å². The minimum Gasteiger partial charge on any atom is -0.497 e. The molecule has 0 radical (unpaired) electrons. The van der Waals surface area contributed by atoms with E-state index >= 15 is 0 Å². The molecule has 0 spiro atoms. The van der Waals surface area contributed by atoms with Crippen molar-refractivity contribution in [1.29, 1.82) is 0 Å². The van der Waals surface area contributed by atoms with Crippen LogP contribution in [0.4, 0.5) is 24.8 Å². The molecule has 2 heterocycles. The summed E-state index contributed by atoms with van der Waals surface area (Å²) in [6.45, 7) is 0. The van der Waals surface area contributed by atoms with E-state index in [-0.39, 0.29) is 11.6 Å². The zero-order valence-corrected chi connectivity index (χ0v) is 18.2. The van der Waals surface area contributed by atoms with Gasteiger partial charge in [0.1, 0.15) is 17.8 Å². The van der Waals surface area contributed by atoms with Crippen LogP contribution in [0.25, 0.3) is 22.3 Å². The van der Waals surface area contributed by atoms with Crippen molar-refractivity contribution < 1.29 is 22.6 Å². The number of nitrogens with one attached hydrogen (secondary N) is 2. The summed E-state index contributed by atoms with van der Waals surface area (Å²) in [5, 5.41) is 10.3. The molecule has 0 unspecified atom stereocenters. The fraction of sp³-hybridized carbons (Fsp3) is 0.0833. The first-order chi connectivity index (χ1) is 16.9. The molecule has 0 fully saturated rings. The van der Waals surface area contributed by atoms with Gasteiger partial charge >= 0.3 is 6.18 Å². The number of ether oxygens (including phenoxy) is 2. The number of aromatic amines is 1. The highest BCUT2D eigenvalue weighted by molar-refractivity contribution is 5.84. The van der Waals surface area contributed by atoms with E-state index in [1.54, 1.807) is 43.5 Å². The maximum absolute atomic E-state index is 12.9. The number of rotatable bonds is 6. The van der Waals surface area contributed by atoms with Gasteiger partial charge in [0.15, 0.2) is 5.82 Å². The Morgan fingerprint density at radius 1 is 0.914 bits per heavy atom. The third kappa shape index (κ3) is 4.83. The molecule has 11 heteroatoms. The first kappa shape index (κ1) is 22.1. The van der Waals surface area contributed by atoms with Gasteiger partial charge in [0, 0.05) is 17.3 Å². The summed E-state index contributed by atoms with van der Waals surface area (Å²) in [7, 11) is 1.58. The SMILES string of the molecule is COc1ccc2c(Oc3ccc(-c4nc(Nc5cccc(C(F)(F)F)c5)n[nH]4)cc3)ncnc2c1. The van der Waals surface area contributed by atoms with Gasteiger partial charge in [-0.2, -0.15) is 18.2 Å². The maximum atomic E-state index is 12.9. The van der Waals surface area contributed by atoms with Gasteiger partial charge in [-0.3, -0.25) is 5.10 Å². The quantitative estimate of drug-likeness (QED) is 0.310. The lowest BCUT2D eigenvalue weighted by Gasteiger charge is -2.09. The topological polar surface area (TPSA) is 97.8 Å². The van der Waals surface area contributed by atoms with Gasteiger partial charge in [0.25, 0.3) is 0 Å². The first-order valence-electron chi connectivity index (χ1n) is 10.3. The van der Waals surface area contributed by atoms with Crippen LogP contribution in [0.2, 0.25) is 0 Å². The lowest BCUT2D eigenvalue weighted by molar-refractivity contribution is -0.137. The first-order valence-corrected chi connectivity index (χ1v) is 10.3. The Kier molecular flexibility index (Phi) is 5.65. The number of hydrogen-bond donors (Lipinski definition) is 2. The number of fused-ring (bicyclic) bond motifs is 1. The zero-order valence-electron chi connectivity index (χ0n) is 18.2. The highest BCUT2D eigenvalue weighted by atomic mass is 19.4. The van der Waals surface area contributed by atoms with Crippen LogP contribution in [-0.4, -0.2) is 32.3 Å². The molecule has 0 saturated carbocycles. The van der Waals surface area contributed by atoms with Gasteiger partial charge < -0.3 is 14.8 Å². The van der Waals surface area contributed by atoms with Gasteiger partial charge in [0.05, 0.1) is 23.6 Å². The summed E-state index contributed by atoms with van der Waals surface area (Å²) in [5.41, 5.74) is 0.862. The highest BCUT2D eigenvalue weighted by Crippen LogP contribution is 2.32. The van der Waals surface area contributed by atoms with Crippen LogP contribution >= 0.6 is 0 Å². The monoisotopic (exact) mass is 478 g/mol. The number of alkyl halides is 3. The molecule has 5 aromatic rings. The molecule has 0 aliphatic rings. The molecular weight excluding hydrogens is 461 g/mol. The Labute approximate surface area is 196 Å². The molecule has 0 atom stereocenters. The predicted octanol–water partition coefficient (Wildman–Crippen LogP) is 5.98. The summed E-state index contributed by atoms with van der Waals surface area (Å²) in [6, 6.07) is 17.3. The van der Waals surface area contributed by atoms with Crippen molar-refractivity contribution in [3.63, 3.8) is 0 Å². The summed E-state index contributed by atoms with van der Waals surface area (Å²) in [6.07, 6.45) is -3.02. The summed E-state index contributed by atoms with van der Waals surface area (Å²) in [5.74, 6) is 2.21. The number of H-pyrrole nitrogens is 1. The van der Waals surface area contributed by atoms with Crippen LogP contribution in [0.1, 0.15) is 5.56 Å². The van der Waals surface area contributed by atoms with Crippen LogP contribution in [0.5, 0.6) is 17.4 Å². The number of nitrogens with zero attached hydrogens (tertiary/aromatic N) is 4. The second-order valence-electron chi connectivity index (χ2n) is 7.40. The Hall–Kier alpha value is -4.67. The largest absolute Gasteiger partial charge is 0.497 e. The predicted molar refractivity (Wildman–Crippen MR) is 123 cm³/mol. The van der Waals surface area contributed by atoms with Crippen molar-refractivity contribution in [2.75, 3.05) is 12.4 Å². The van der Waals surface area contributed by atoms with Gasteiger partial charge in [-0.15, -0.1) is 5.10 Å². The molecule has 8 nitrogen and oxygen atoms in total. The number of aromatic nitrogens is 5. The van der Waals surface area contributed by atoms with Crippen LogP contribution in [-0.2, 0) is 6.18 Å². The fourth-order valence-electron chi connectivity index (χ4n) is 3.36. The average Bonchev–Trinajstić information content (AvgIpc) is 3.32. The van der Waals surface area contributed by atoms with Crippen LogP contribution in [0, 0.1) is 0 Å². The van der Waals surface area contributed by atoms with Gasteiger partial charge in [-0.1, -0.05) is 6.07 Å². The van der Waals surface area contributed by atoms with Crippen molar-refractivity contribution in [2.45, 2.75) is 6.18 Å². The summed E-state index contributed by atoms with van der Waals surface area (Å²) in [4.78, 5) is 12.8. The minimum atomic E-state index is -4.43. The van der Waals surface area contributed by atoms with Crippen molar-refractivity contribution in [3.05, 3.63) is 78.6 Å². The second-order valence-corrected chi connectivity index (χ2v) is 7.40. The minimum absolute atomic E-state index is 0.141. The lowest BCUT2D eigenvalue weighted by atomic mass is 10.2. The number of anilines is 2. The number of methoxy groups -OCH3 is 1. The maximum Gasteiger partial charge on any atom is 0.416 e. The van der Waals surface area contributed by atoms with E-state index in [2.05, 4.69) is 30.5 Å². The molecule has 0 aliphatic carbocycles. The molecule has 0 saturated heterocycles. The molecule has 35 heavy (non-hydrogen) atoms. The van der Waals surface area contributed by atoms with Gasteiger partial charge in [-0.05, 0) is 54.6 Å².